The number of aliphatic hydroxyl groups is 1. The van der Waals surface area contributed by atoms with E-state index in [9.17, 15) is 5.11 Å². The van der Waals surface area contributed by atoms with Crippen LogP contribution in [0, 0.1) is 5.41 Å². The van der Waals surface area contributed by atoms with Crippen molar-refractivity contribution in [3.63, 3.8) is 0 Å². The summed E-state index contributed by atoms with van der Waals surface area (Å²) in [5.41, 5.74) is 3.12. The number of anilines is 2. The Bertz CT molecular complexity index is 607. The number of hydrogen-bond donors (Lipinski definition) is 4. The van der Waals surface area contributed by atoms with Gasteiger partial charge in [0, 0.05) is 23.9 Å². The van der Waals surface area contributed by atoms with Crippen molar-refractivity contribution in [2.45, 2.75) is 32.4 Å². The summed E-state index contributed by atoms with van der Waals surface area (Å²) in [5, 5.41) is 13.1. The van der Waals surface area contributed by atoms with Crippen LogP contribution in [-0.4, -0.2) is 31.6 Å². The van der Waals surface area contributed by atoms with Crippen molar-refractivity contribution in [2.24, 2.45) is 11.3 Å². The van der Waals surface area contributed by atoms with Crippen LogP contribution in [0.2, 0.25) is 0 Å². The number of fused-ring (bicyclic) bond motifs is 1. The van der Waals surface area contributed by atoms with Crippen LogP contribution in [0.3, 0.4) is 0 Å². The third-order valence-electron chi connectivity index (χ3n) is 4.05. The van der Waals surface area contributed by atoms with E-state index >= 15 is 0 Å². The molecule has 102 valence electrons. The second-order valence-corrected chi connectivity index (χ2v) is 5.55. The van der Waals surface area contributed by atoms with Crippen molar-refractivity contribution in [3.8, 4) is 0 Å². The maximum Gasteiger partial charge on any atom is 0.180 e. The summed E-state index contributed by atoms with van der Waals surface area (Å²) < 4.78 is 1.85. The smallest absolute Gasteiger partial charge is 0.180 e. The largest absolute Gasteiger partial charge is 0.392 e. The van der Waals surface area contributed by atoms with Gasteiger partial charge in [-0.2, -0.15) is 0 Å². The highest BCUT2D eigenvalue weighted by Gasteiger charge is 2.47. The lowest BCUT2D eigenvalue weighted by Gasteiger charge is -2.49. The number of nitrogen functional groups attached to an aromatic ring is 1. The summed E-state index contributed by atoms with van der Waals surface area (Å²) in [6.07, 6.45) is 5.75. The number of rotatable bonds is 3. The van der Waals surface area contributed by atoms with Crippen molar-refractivity contribution in [2.75, 3.05) is 10.7 Å². The lowest BCUT2D eigenvalue weighted by Crippen LogP contribution is -2.57. The van der Waals surface area contributed by atoms with Gasteiger partial charge in [-0.3, -0.25) is 0 Å². The molecule has 19 heavy (non-hydrogen) atoms. The zero-order chi connectivity index (χ0) is 13.6. The first-order chi connectivity index (χ1) is 9.02. The fraction of sp³-hybridized carbons (Fsp3) is 0.500. The van der Waals surface area contributed by atoms with Gasteiger partial charge in [0.1, 0.15) is 0 Å². The summed E-state index contributed by atoms with van der Waals surface area (Å²) in [4.78, 5) is 8.67. The lowest BCUT2D eigenvalue weighted by atomic mass is 9.64. The molecule has 0 aromatic carbocycles. The Morgan fingerprint density at radius 3 is 2.95 bits per heavy atom. The molecule has 2 heterocycles. The zero-order valence-electron chi connectivity index (χ0n) is 11.0. The van der Waals surface area contributed by atoms with Gasteiger partial charge in [-0.1, -0.05) is 13.8 Å². The quantitative estimate of drug-likeness (QED) is 0.477. The fourth-order valence-electron chi connectivity index (χ4n) is 2.41. The standard InChI is InChI=1S/C12H18N6O/c1-12(2)7(5-8(12)19)15-10-11-14-3-4-18(11)6-9(16-10)17-13/h3-4,6-8,17,19H,5,13H2,1-2H3,(H,15,16). The van der Waals surface area contributed by atoms with Crippen molar-refractivity contribution >= 4 is 17.3 Å². The van der Waals surface area contributed by atoms with E-state index in [4.69, 9.17) is 5.84 Å². The lowest BCUT2D eigenvalue weighted by molar-refractivity contribution is -0.0511. The van der Waals surface area contributed by atoms with Crippen LogP contribution in [-0.2, 0) is 0 Å². The van der Waals surface area contributed by atoms with Crippen LogP contribution < -0.4 is 16.6 Å². The highest BCUT2D eigenvalue weighted by atomic mass is 16.3. The molecule has 1 saturated carbocycles. The van der Waals surface area contributed by atoms with E-state index in [0.29, 0.717) is 18.1 Å². The van der Waals surface area contributed by atoms with Gasteiger partial charge in [0.2, 0.25) is 0 Å². The van der Waals surface area contributed by atoms with Crippen LogP contribution in [0.15, 0.2) is 18.6 Å². The molecule has 2 atom stereocenters. The van der Waals surface area contributed by atoms with Gasteiger partial charge in [0.25, 0.3) is 0 Å². The molecule has 7 nitrogen and oxygen atoms in total. The first-order valence-electron chi connectivity index (χ1n) is 6.27. The number of hydrazine groups is 1. The number of aromatic nitrogens is 3. The molecule has 3 rings (SSSR count). The van der Waals surface area contributed by atoms with Gasteiger partial charge in [-0.05, 0) is 6.42 Å². The molecule has 2 aromatic heterocycles. The number of nitrogens with zero attached hydrogens (tertiary/aromatic N) is 3. The summed E-state index contributed by atoms with van der Waals surface area (Å²) in [7, 11) is 0. The molecular formula is C12H18N6O. The van der Waals surface area contributed by atoms with Crippen molar-refractivity contribution in [3.05, 3.63) is 18.6 Å². The molecule has 0 saturated heterocycles. The monoisotopic (exact) mass is 262 g/mol. The van der Waals surface area contributed by atoms with Gasteiger partial charge in [-0.15, -0.1) is 0 Å². The van der Waals surface area contributed by atoms with Gasteiger partial charge >= 0.3 is 0 Å². The molecule has 7 heteroatoms. The first-order valence-corrected chi connectivity index (χ1v) is 6.27. The SMILES string of the molecule is CC1(C)C(O)CC1Nc1nc(NN)cn2ccnc12. The van der Waals surface area contributed by atoms with Crippen LogP contribution >= 0.6 is 0 Å². The Morgan fingerprint density at radius 2 is 2.32 bits per heavy atom. The summed E-state index contributed by atoms with van der Waals surface area (Å²) >= 11 is 0. The average molecular weight is 262 g/mol. The zero-order valence-corrected chi connectivity index (χ0v) is 11.0. The number of imidazole rings is 1. The molecule has 0 bridgehead atoms. The van der Waals surface area contributed by atoms with Gasteiger partial charge in [0.15, 0.2) is 17.3 Å². The molecule has 1 fully saturated rings. The molecule has 0 radical (unpaired) electrons. The minimum absolute atomic E-state index is 0.169. The van der Waals surface area contributed by atoms with Crippen molar-refractivity contribution in [1.82, 2.24) is 14.4 Å². The minimum Gasteiger partial charge on any atom is -0.392 e. The van der Waals surface area contributed by atoms with Gasteiger partial charge in [-0.25, -0.2) is 15.8 Å². The number of aliphatic hydroxyl groups excluding tert-OH is 1. The molecule has 0 amide bonds. The molecule has 1 aliphatic carbocycles. The second-order valence-electron chi connectivity index (χ2n) is 5.55. The Labute approximate surface area is 110 Å². The van der Waals surface area contributed by atoms with Crippen LogP contribution in [0.1, 0.15) is 20.3 Å². The molecule has 2 unspecified atom stereocenters. The third kappa shape index (κ3) is 1.82. The van der Waals surface area contributed by atoms with Gasteiger partial charge in [0.05, 0.1) is 12.3 Å². The Morgan fingerprint density at radius 1 is 1.53 bits per heavy atom. The Balaban J connectivity index is 1.94. The van der Waals surface area contributed by atoms with Crippen molar-refractivity contribution < 1.29 is 5.11 Å². The van der Waals surface area contributed by atoms with E-state index < -0.39 is 0 Å². The van der Waals surface area contributed by atoms with Crippen LogP contribution in [0.4, 0.5) is 11.6 Å². The maximum atomic E-state index is 9.78. The fourth-order valence-corrected chi connectivity index (χ4v) is 2.41. The summed E-state index contributed by atoms with van der Waals surface area (Å²) in [6, 6.07) is 0.170. The van der Waals surface area contributed by atoms with E-state index in [1.165, 1.54) is 0 Å². The van der Waals surface area contributed by atoms with Crippen molar-refractivity contribution in [1.29, 1.82) is 0 Å². The number of nitrogens with one attached hydrogen (secondary N) is 2. The minimum atomic E-state index is -0.281. The summed E-state index contributed by atoms with van der Waals surface area (Å²) in [5.74, 6) is 6.65. The molecule has 0 spiro atoms. The highest BCUT2D eigenvalue weighted by Crippen LogP contribution is 2.42. The predicted molar refractivity (Wildman–Crippen MR) is 72.6 cm³/mol. The summed E-state index contributed by atoms with van der Waals surface area (Å²) in [6.45, 7) is 4.07. The van der Waals surface area contributed by atoms with Gasteiger partial charge < -0.3 is 20.2 Å². The molecular weight excluding hydrogens is 244 g/mol. The molecule has 0 aliphatic heterocycles. The first kappa shape index (κ1) is 12.2. The van der Waals surface area contributed by atoms with E-state index in [1.807, 2.05) is 24.4 Å². The van der Waals surface area contributed by atoms with E-state index in [0.717, 1.165) is 5.65 Å². The number of nitrogens with two attached hydrogens (primary N) is 1. The molecule has 1 aliphatic rings. The maximum absolute atomic E-state index is 9.78. The van der Waals surface area contributed by atoms with Crippen LogP contribution in [0.5, 0.6) is 0 Å². The normalized spacial score (nSPS) is 25.1. The van der Waals surface area contributed by atoms with E-state index in [-0.39, 0.29) is 17.6 Å². The molecule has 2 aromatic rings. The number of hydrogen-bond acceptors (Lipinski definition) is 6. The molecule has 5 N–H and O–H groups in total. The third-order valence-corrected chi connectivity index (χ3v) is 4.05. The second kappa shape index (κ2) is 4.07. The predicted octanol–water partition coefficient (Wildman–Crippen LogP) is 0.586. The highest BCUT2D eigenvalue weighted by molar-refractivity contribution is 5.66. The van der Waals surface area contributed by atoms with E-state index in [1.54, 1.807) is 12.4 Å². The Hall–Kier alpha value is -1.86. The topological polar surface area (TPSA) is 100 Å². The average Bonchev–Trinajstić information content (AvgIpc) is 2.86. The Kier molecular flexibility index (Phi) is 2.61. The van der Waals surface area contributed by atoms with Crippen LogP contribution in [0.25, 0.3) is 5.65 Å². The van der Waals surface area contributed by atoms with E-state index in [2.05, 4.69) is 20.7 Å².